The van der Waals surface area contributed by atoms with Crippen molar-refractivity contribution in [1.29, 1.82) is 0 Å². The molecule has 0 bridgehead atoms. The topological polar surface area (TPSA) is 20.2 Å². The first-order valence-corrected chi connectivity index (χ1v) is 10.8. The minimum Gasteiger partial charge on any atom is -0.507 e. The van der Waals surface area contributed by atoms with Crippen LogP contribution in [0.25, 0.3) is 0 Å². The van der Waals surface area contributed by atoms with E-state index in [1.54, 1.807) is 0 Å². The van der Waals surface area contributed by atoms with Crippen LogP contribution in [-0.2, 0) is 10.8 Å². The number of hydrogen-bond donors (Lipinski definition) is 1. The third-order valence-corrected chi connectivity index (χ3v) is 7.36. The van der Waals surface area contributed by atoms with Gasteiger partial charge in [-0.3, -0.25) is 0 Å². The molecule has 0 spiro atoms. The number of thioether (sulfide) groups is 2. The second kappa shape index (κ2) is 7.31. The fraction of sp³-hybridized carbons (Fsp3) is 0.700. The van der Waals surface area contributed by atoms with Crippen LogP contribution >= 0.6 is 23.5 Å². The first-order chi connectivity index (χ1) is 10.6. The van der Waals surface area contributed by atoms with Crippen LogP contribution in [0.2, 0.25) is 0 Å². The summed E-state index contributed by atoms with van der Waals surface area (Å²) >= 11 is 4.15. The van der Waals surface area contributed by atoms with Crippen molar-refractivity contribution in [1.82, 2.24) is 0 Å². The molecule has 1 N–H and O–H groups in total. The average molecular weight is 353 g/mol. The Morgan fingerprint density at radius 2 is 1.26 bits per heavy atom. The van der Waals surface area contributed by atoms with Gasteiger partial charge in [-0.15, -0.1) is 23.5 Å². The number of aromatic hydroxyl groups is 1. The summed E-state index contributed by atoms with van der Waals surface area (Å²) in [7, 11) is 0. The number of rotatable bonds is 1. The lowest BCUT2D eigenvalue weighted by Crippen LogP contribution is -2.18. The van der Waals surface area contributed by atoms with Crippen LogP contribution in [0.5, 0.6) is 5.75 Å². The molecule has 1 aromatic rings. The van der Waals surface area contributed by atoms with Gasteiger partial charge in [0.1, 0.15) is 5.75 Å². The van der Waals surface area contributed by atoms with E-state index < -0.39 is 0 Å². The molecule has 1 fully saturated rings. The molecule has 1 aliphatic rings. The minimum absolute atomic E-state index is 0.0446. The van der Waals surface area contributed by atoms with Gasteiger partial charge in [0, 0.05) is 0 Å². The maximum Gasteiger partial charge on any atom is 0.123 e. The number of phenolic OH excluding ortho intramolecular Hbond substituents is 1. The highest BCUT2D eigenvalue weighted by Crippen LogP contribution is 2.47. The van der Waals surface area contributed by atoms with E-state index in [2.05, 4.69) is 77.2 Å². The van der Waals surface area contributed by atoms with Crippen molar-refractivity contribution in [3.63, 3.8) is 0 Å². The zero-order valence-electron chi connectivity index (χ0n) is 15.5. The summed E-state index contributed by atoms with van der Waals surface area (Å²) in [6, 6.07) is 4.52. The third kappa shape index (κ3) is 4.85. The molecule has 0 atom stereocenters. The Labute approximate surface area is 151 Å². The van der Waals surface area contributed by atoms with Crippen molar-refractivity contribution in [2.45, 2.75) is 76.2 Å². The van der Waals surface area contributed by atoms with Crippen LogP contribution in [0.4, 0.5) is 0 Å². The SMILES string of the molecule is CC(C)(C)c1cc(C2SCCCCCS2)cc(C(C)(C)C)c1O. The second-order valence-electron chi connectivity index (χ2n) is 8.60. The summed E-state index contributed by atoms with van der Waals surface area (Å²) in [5.74, 6) is 2.98. The lowest BCUT2D eigenvalue weighted by molar-refractivity contribution is 0.423. The summed E-state index contributed by atoms with van der Waals surface area (Å²) in [4.78, 5) is 0. The smallest absolute Gasteiger partial charge is 0.123 e. The summed E-state index contributed by atoms with van der Waals surface area (Å²) in [6.07, 6.45) is 4.03. The van der Waals surface area contributed by atoms with Crippen molar-refractivity contribution in [2.75, 3.05) is 11.5 Å². The van der Waals surface area contributed by atoms with Gasteiger partial charge < -0.3 is 5.11 Å². The predicted octanol–water partition coefficient (Wildman–Crippen LogP) is 6.64. The van der Waals surface area contributed by atoms with Crippen molar-refractivity contribution < 1.29 is 5.11 Å². The van der Waals surface area contributed by atoms with Crippen molar-refractivity contribution in [3.05, 3.63) is 28.8 Å². The van der Waals surface area contributed by atoms with Crippen molar-refractivity contribution in [3.8, 4) is 5.75 Å². The van der Waals surface area contributed by atoms with Crippen LogP contribution in [0.3, 0.4) is 0 Å². The molecule has 23 heavy (non-hydrogen) atoms. The van der Waals surface area contributed by atoms with Crippen LogP contribution in [0.1, 0.15) is 82.1 Å². The Bertz CT molecular complexity index is 495. The molecule has 0 radical (unpaired) electrons. The van der Waals surface area contributed by atoms with Crippen molar-refractivity contribution in [2.24, 2.45) is 0 Å². The molecule has 0 saturated carbocycles. The van der Waals surface area contributed by atoms with E-state index >= 15 is 0 Å². The molecule has 0 amide bonds. The lowest BCUT2D eigenvalue weighted by Gasteiger charge is -2.30. The Balaban J connectivity index is 2.50. The summed E-state index contributed by atoms with van der Waals surface area (Å²) < 4.78 is 0.498. The van der Waals surface area contributed by atoms with E-state index in [0.29, 0.717) is 10.3 Å². The molecule has 0 aromatic heterocycles. The second-order valence-corrected chi connectivity index (χ2v) is 11.3. The molecular formula is C20H32OS2. The largest absolute Gasteiger partial charge is 0.507 e. The summed E-state index contributed by atoms with van der Waals surface area (Å²) in [5, 5.41) is 10.9. The Morgan fingerprint density at radius 1 is 0.826 bits per heavy atom. The molecule has 130 valence electrons. The molecule has 1 aromatic carbocycles. The first-order valence-electron chi connectivity index (χ1n) is 8.72. The minimum atomic E-state index is -0.0446. The zero-order valence-corrected chi connectivity index (χ0v) is 17.2. The van der Waals surface area contributed by atoms with E-state index in [1.165, 1.54) is 36.3 Å². The third-order valence-electron chi connectivity index (χ3n) is 4.35. The lowest BCUT2D eigenvalue weighted by atomic mass is 9.78. The van der Waals surface area contributed by atoms with Gasteiger partial charge in [-0.25, -0.2) is 0 Å². The zero-order chi connectivity index (χ0) is 17.3. The van der Waals surface area contributed by atoms with Gasteiger partial charge in [-0.1, -0.05) is 48.0 Å². The van der Waals surface area contributed by atoms with E-state index in [0.717, 1.165) is 11.1 Å². The van der Waals surface area contributed by atoms with E-state index in [4.69, 9.17) is 0 Å². The molecule has 2 rings (SSSR count). The van der Waals surface area contributed by atoms with E-state index in [9.17, 15) is 5.11 Å². The van der Waals surface area contributed by atoms with E-state index in [1.807, 2.05) is 0 Å². The monoisotopic (exact) mass is 352 g/mol. The van der Waals surface area contributed by atoms with Gasteiger partial charge in [-0.2, -0.15) is 0 Å². The standard InChI is InChI=1S/C20H32OS2/c1-19(2,3)15-12-14(13-16(17(15)21)20(4,5)6)18-22-10-8-7-9-11-23-18/h12-13,18,21H,7-11H2,1-6H3. The number of phenols is 1. The molecule has 3 heteroatoms. The molecule has 1 aliphatic heterocycles. The summed E-state index contributed by atoms with van der Waals surface area (Å²) in [5.41, 5.74) is 3.47. The van der Waals surface area contributed by atoms with Gasteiger partial charge in [0.2, 0.25) is 0 Å². The number of hydrogen-bond acceptors (Lipinski definition) is 3. The van der Waals surface area contributed by atoms with Crippen LogP contribution in [0.15, 0.2) is 12.1 Å². The quantitative estimate of drug-likeness (QED) is 0.612. The van der Waals surface area contributed by atoms with Gasteiger partial charge in [0.15, 0.2) is 0 Å². The molecular weight excluding hydrogens is 320 g/mol. The Kier molecular flexibility index (Phi) is 6.05. The predicted molar refractivity (Wildman–Crippen MR) is 107 cm³/mol. The molecule has 1 nitrogen and oxygen atoms in total. The maximum atomic E-state index is 10.9. The first kappa shape index (κ1) is 19.1. The maximum absolute atomic E-state index is 10.9. The molecule has 0 unspecified atom stereocenters. The molecule has 1 heterocycles. The highest BCUT2D eigenvalue weighted by Gasteiger charge is 2.28. The van der Waals surface area contributed by atoms with Crippen molar-refractivity contribution >= 4 is 23.5 Å². The highest BCUT2D eigenvalue weighted by molar-refractivity contribution is 8.16. The normalized spacial score (nSPS) is 18.5. The Hall–Kier alpha value is -0.280. The summed E-state index contributed by atoms with van der Waals surface area (Å²) in [6.45, 7) is 13.1. The van der Waals surface area contributed by atoms with E-state index in [-0.39, 0.29) is 10.8 Å². The van der Waals surface area contributed by atoms with Crippen LogP contribution < -0.4 is 0 Å². The fourth-order valence-electron chi connectivity index (χ4n) is 2.94. The molecule has 1 saturated heterocycles. The van der Waals surface area contributed by atoms with Gasteiger partial charge in [-0.05, 0) is 64.0 Å². The fourth-order valence-corrected chi connectivity index (χ4v) is 5.73. The highest BCUT2D eigenvalue weighted by atomic mass is 32.2. The average Bonchev–Trinajstić information content (AvgIpc) is 2.36. The number of benzene rings is 1. The molecule has 0 aliphatic carbocycles. The van der Waals surface area contributed by atoms with Gasteiger partial charge >= 0.3 is 0 Å². The van der Waals surface area contributed by atoms with Crippen LogP contribution in [0, 0.1) is 0 Å². The van der Waals surface area contributed by atoms with Gasteiger partial charge in [0.05, 0.1) is 4.58 Å². The van der Waals surface area contributed by atoms with Crippen LogP contribution in [-0.4, -0.2) is 16.6 Å². The Morgan fingerprint density at radius 3 is 1.65 bits per heavy atom. The van der Waals surface area contributed by atoms with Gasteiger partial charge in [0.25, 0.3) is 0 Å².